The number of hydrogen-bond acceptors (Lipinski definition) is 4. The largest absolute Gasteiger partial charge is 0.444 e. The average molecular weight is 229 g/mol. The molecular weight excluding hydrogens is 210 g/mol. The van der Waals surface area contributed by atoms with Crippen molar-refractivity contribution in [3.8, 4) is 0 Å². The summed E-state index contributed by atoms with van der Waals surface area (Å²) >= 11 is 0. The molecule has 0 aliphatic carbocycles. The molecule has 1 heterocycles. The normalized spacial score (nSPS) is 25.9. The molecule has 1 aliphatic heterocycles. The summed E-state index contributed by atoms with van der Waals surface area (Å²) < 4.78 is 10.3. The number of aldehydes is 1. The molecule has 0 bridgehead atoms. The highest BCUT2D eigenvalue weighted by Gasteiger charge is 2.28. The molecule has 1 aliphatic rings. The Morgan fingerprint density at radius 2 is 2.19 bits per heavy atom. The van der Waals surface area contributed by atoms with Crippen LogP contribution in [0.5, 0.6) is 0 Å². The summed E-state index contributed by atoms with van der Waals surface area (Å²) in [5.41, 5.74) is -0.531. The molecule has 5 heteroatoms. The van der Waals surface area contributed by atoms with Gasteiger partial charge in [0.05, 0.1) is 12.6 Å². The van der Waals surface area contributed by atoms with E-state index in [1.807, 2.05) is 0 Å². The molecule has 0 radical (unpaired) electrons. The molecule has 0 aromatic rings. The van der Waals surface area contributed by atoms with E-state index in [-0.39, 0.29) is 12.0 Å². The van der Waals surface area contributed by atoms with Crippen molar-refractivity contribution < 1.29 is 19.1 Å². The first-order chi connectivity index (χ1) is 7.42. The Bertz CT molecular complexity index is 259. The second-order valence-electron chi connectivity index (χ2n) is 4.92. The van der Waals surface area contributed by atoms with Gasteiger partial charge in [0, 0.05) is 12.5 Å². The zero-order valence-corrected chi connectivity index (χ0v) is 9.99. The van der Waals surface area contributed by atoms with Crippen molar-refractivity contribution in [3.63, 3.8) is 0 Å². The van der Waals surface area contributed by atoms with Crippen LogP contribution >= 0.6 is 0 Å². The van der Waals surface area contributed by atoms with E-state index in [2.05, 4.69) is 5.32 Å². The maximum atomic E-state index is 11.5. The Hall–Kier alpha value is -1.10. The Labute approximate surface area is 95.5 Å². The Morgan fingerprint density at radius 1 is 1.50 bits per heavy atom. The van der Waals surface area contributed by atoms with Crippen LogP contribution in [-0.2, 0) is 14.3 Å². The van der Waals surface area contributed by atoms with Gasteiger partial charge in [0.25, 0.3) is 0 Å². The summed E-state index contributed by atoms with van der Waals surface area (Å²) in [6.45, 7) is 6.31. The van der Waals surface area contributed by atoms with Crippen LogP contribution in [0.15, 0.2) is 0 Å². The molecule has 16 heavy (non-hydrogen) atoms. The Morgan fingerprint density at radius 3 is 2.75 bits per heavy atom. The van der Waals surface area contributed by atoms with E-state index in [1.165, 1.54) is 0 Å². The van der Waals surface area contributed by atoms with Crippen molar-refractivity contribution in [3.05, 3.63) is 0 Å². The van der Waals surface area contributed by atoms with Crippen molar-refractivity contribution in [1.82, 2.24) is 5.32 Å². The zero-order chi connectivity index (χ0) is 12.2. The van der Waals surface area contributed by atoms with Gasteiger partial charge >= 0.3 is 6.09 Å². The predicted octanol–water partition coefficient (Wildman–Crippen LogP) is 1.12. The Kier molecular flexibility index (Phi) is 4.29. The SMILES string of the molecule is CC(C)(C)OC(=O)NC1COCCC1C=O. The summed E-state index contributed by atoms with van der Waals surface area (Å²) in [6.07, 6.45) is 1.00. The highest BCUT2D eigenvalue weighted by Crippen LogP contribution is 2.14. The van der Waals surface area contributed by atoms with Gasteiger partial charge < -0.3 is 19.6 Å². The number of ether oxygens (including phenoxy) is 2. The molecule has 0 spiro atoms. The van der Waals surface area contributed by atoms with Gasteiger partial charge in [-0.2, -0.15) is 0 Å². The first-order valence-electron chi connectivity index (χ1n) is 5.45. The van der Waals surface area contributed by atoms with Crippen LogP contribution in [0.1, 0.15) is 27.2 Å². The zero-order valence-electron chi connectivity index (χ0n) is 9.99. The van der Waals surface area contributed by atoms with Crippen molar-refractivity contribution in [2.24, 2.45) is 5.92 Å². The van der Waals surface area contributed by atoms with E-state index in [0.717, 1.165) is 6.29 Å². The van der Waals surface area contributed by atoms with E-state index in [1.54, 1.807) is 20.8 Å². The molecule has 1 N–H and O–H groups in total. The number of nitrogens with one attached hydrogen (secondary N) is 1. The van der Waals surface area contributed by atoms with Crippen LogP contribution in [-0.4, -0.2) is 37.2 Å². The summed E-state index contributed by atoms with van der Waals surface area (Å²) in [5, 5.41) is 2.66. The third-order valence-corrected chi connectivity index (χ3v) is 2.29. The number of carbonyl (C=O) groups excluding carboxylic acids is 2. The second-order valence-corrected chi connectivity index (χ2v) is 4.92. The summed E-state index contributed by atoms with van der Waals surface area (Å²) in [4.78, 5) is 22.3. The average Bonchev–Trinajstić information content (AvgIpc) is 2.15. The smallest absolute Gasteiger partial charge is 0.407 e. The van der Waals surface area contributed by atoms with Gasteiger partial charge in [-0.25, -0.2) is 4.79 Å². The maximum absolute atomic E-state index is 11.5. The Balaban J connectivity index is 2.45. The van der Waals surface area contributed by atoms with Crippen LogP contribution in [0.25, 0.3) is 0 Å². The minimum absolute atomic E-state index is 0.179. The van der Waals surface area contributed by atoms with Crippen LogP contribution in [0.2, 0.25) is 0 Å². The van der Waals surface area contributed by atoms with Crippen LogP contribution in [0.4, 0.5) is 4.79 Å². The van der Waals surface area contributed by atoms with Crippen molar-refractivity contribution in [2.75, 3.05) is 13.2 Å². The van der Waals surface area contributed by atoms with E-state index in [9.17, 15) is 9.59 Å². The molecule has 92 valence electrons. The minimum Gasteiger partial charge on any atom is -0.444 e. The molecule has 1 rings (SSSR count). The van der Waals surface area contributed by atoms with Gasteiger partial charge in [0.15, 0.2) is 0 Å². The van der Waals surface area contributed by atoms with Gasteiger partial charge in [-0.15, -0.1) is 0 Å². The molecule has 1 saturated heterocycles. The van der Waals surface area contributed by atoms with Gasteiger partial charge in [0.1, 0.15) is 11.9 Å². The molecule has 2 atom stereocenters. The predicted molar refractivity (Wildman–Crippen MR) is 58.1 cm³/mol. The van der Waals surface area contributed by atoms with Crippen molar-refractivity contribution in [1.29, 1.82) is 0 Å². The van der Waals surface area contributed by atoms with Gasteiger partial charge in [-0.3, -0.25) is 0 Å². The first kappa shape index (κ1) is 13.0. The number of alkyl carbamates (subject to hydrolysis) is 1. The lowest BCUT2D eigenvalue weighted by Gasteiger charge is -2.29. The second kappa shape index (κ2) is 5.30. The number of rotatable bonds is 2. The molecule has 5 nitrogen and oxygen atoms in total. The van der Waals surface area contributed by atoms with E-state index in [0.29, 0.717) is 19.6 Å². The summed E-state index contributed by atoms with van der Waals surface area (Å²) in [5.74, 6) is -0.179. The molecule has 1 fully saturated rings. The third kappa shape index (κ3) is 4.18. The first-order valence-corrected chi connectivity index (χ1v) is 5.45. The van der Waals surface area contributed by atoms with E-state index in [4.69, 9.17) is 9.47 Å². The third-order valence-electron chi connectivity index (χ3n) is 2.29. The van der Waals surface area contributed by atoms with Gasteiger partial charge in [-0.1, -0.05) is 0 Å². The molecule has 0 aromatic carbocycles. The van der Waals surface area contributed by atoms with Crippen molar-refractivity contribution in [2.45, 2.75) is 38.8 Å². The molecule has 2 unspecified atom stereocenters. The topological polar surface area (TPSA) is 64.6 Å². The van der Waals surface area contributed by atoms with Gasteiger partial charge in [0.2, 0.25) is 0 Å². The lowest BCUT2D eigenvalue weighted by molar-refractivity contribution is -0.114. The lowest BCUT2D eigenvalue weighted by atomic mass is 9.97. The highest BCUT2D eigenvalue weighted by atomic mass is 16.6. The standard InChI is InChI=1S/C11H19NO4/c1-11(2,3)16-10(14)12-9-7-15-5-4-8(9)6-13/h6,8-9H,4-5,7H2,1-3H3,(H,12,14). The lowest BCUT2D eigenvalue weighted by Crippen LogP contribution is -2.48. The van der Waals surface area contributed by atoms with Gasteiger partial charge in [-0.05, 0) is 27.2 Å². The fourth-order valence-electron chi connectivity index (χ4n) is 1.53. The monoisotopic (exact) mass is 229 g/mol. The summed E-state index contributed by atoms with van der Waals surface area (Å²) in [6, 6.07) is -0.277. The number of hydrogen-bond donors (Lipinski definition) is 1. The molecule has 0 aromatic heterocycles. The van der Waals surface area contributed by atoms with E-state index >= 15 is 0 Å². The fourth-order valence-corrected chi connectivity index (χ4v) is 1.53. The molecular formula is C11H19NO4. The quantitative estimate of drug-likeness (QED) is 0.720. The molecule has 1 amide bonds. The fraction of sp³-hybridized carbons (Fsp3) is 0.818. The highest BCUT2D eigenvalue weighted by molar-refractivity contribution is 5.69. The molecule has 0 saturated carbocycles. The maximum Gasteiger partial charge on any atom is 0.407 e. The van der Waals surface area contributed by atoms with Crippen LogP contribution < -0.4 is 5.32 Å². The number of carbonyl (C=O) groups is 2. The van der Waals surface area contributed by atoms with E-state index < -0.39 is 11.7 Å². The van der Waals surface area contributed by atoms with Crippen LogP contribution in [0.3, 0.4) is 0 Å². The van der Waals surface area contributed by atoms with Crippen molar-refractivity contribution >= 4 is 12.4 Å². The van der Waals surface area contributed by atoms with Crippen LogP contribution in [0, 0.1) is 5.92 Å². The summed E-state index contributed by atoms with van der Waals surface area (Å²) in [7, 11) is 0. The number of amides is 1. The minimum atomic E-state index is -0.531.